The van der Waals surface area contributed by atoms with Crippen LogP contribution in [0.4, 0.5) is 0 Å². The van der Waals surface area contributed by atoms with Crippen LogP contribution in [-0.2, 0) is 9.59 Å². The molecule has 0 aromatic carbocycles. The number of hydrogen-bond acceptors (Lipinski definition) is 2. The van der Waals surface area contributed by atoms with Crippen LogP contribution in [0.2, 0.25) is 10.5 Å². The molecule has 0 amide bonds. The van der Waals surface area contributed by atoms with Gasteiger partial charge in [0.05, 0.1) is 0 Å². The summed E-state index contributed by atoms with van der Waals surface area (Å²) < 4.78 is 0. The van der Waals surface area contributed by atoms with Crippen LogP contribution >= 0.6 is 0 Å². The molecule has 0 spiro atoms. The van der Waals surface area contributed by atoms with E-state index in [9.17, 15) is 9.59 Å². The van der Waals surface area contributed by atoms with E-state index in [0.29, 0.717) is 10.5 Å². The van der Waals surface area contributed by atoms with E-state index in [1.165, 1.54) is 0 Å². The van der Waals surface area contributed by atoms with E-state index in [1.807, 2.05) is 0 Å². The van der Waals surface area contributed by atoms with Gasteiger partial charge >= 0.3 is 70.5 Å². The standard InChI is InChI=1S/C6H10GeO4.H2O/c8-5(9)1-3-7-4-2-6(10)11;/h1-4H2,(H,8,9)(H,10,11);1H2. The van der Waals surface area contributed by atoms with Gasteiger partial charge in [-0.1, -0.05) is 0 Å². The van der Waals surface area contributed by atoms with Crippen LogP contribution in [0.1, 0.15) is 12.8 Å². The number of carbonyl (C=O) groups is 2. The summed E-state index contributed by atoms with van der Waals surface area (Å²) in [6.45, 7) is 0. The molecule has 0 aromatic rings. The molecule has 0 rings (SSSR count). The van der Waals surface area contributed by atoms with Crippen LogP contribution in [0.5, 0.6) is 0 Å². The SMILES string of the molecule is O.O=C(O)C[CH2][Ge][CH2]CC(=O)O. The van der Waals surface area contributed by atoms with Crippen LogP contribution in [-0.4, -0.2) is 43.1 Å². The summed E-state index contributed by atoms with van der Waals surface area (Å²) in [5.41, 5.74) is 0. The van der Waals surface area contributed by atoms with E-state index in [2.05, 4.69) is 0 Å². The zero-order chi connectivity index (χ0) is 8.69. The van der Waals surface area contributed by atoms with Crippen LogP contribution in [0.15, 0.2) is 0 Å². The normalized spacial score (nSPS) is 8.67. The molecule has 70 valence electrons. The molecule has 0 saturated heterocycles. The zero-order valence-corrected chi connectivity index (χ0v) is 8.64. The first-order chi connectivity index (χ1) is 5.13. The summed E-state index contributed by atoms with van der Waals surface area (Å²) in [5, 5.41) is 17.8. The first-order valence-electron chi connectivity index (χ1n) is 3.27. The van der Waals surface area contributed by atoms with Crippen molar-refractivity contribution in [2.75, 3.05) is 0 Å². The Kier molecular flexibility index (Phi) is 9.96. The van der Waals surface area contributed by atoms with Gasteiger partial charge in [0.25, 0.3) is 0 Å². The third kappa shape index (κ3) is 12.2. The Hall–Kier alpha value is -0.557. The van der Waals surface area contributed by atoms with Gasteiger partial charge in [0, 0.05) is 0 Å². The molecule has 0 aliphatic rings. The molecule has 0 saturated carbocycles. The van der Waals surface area contributed by atoms with Gasteiger partial charge in [-0.15, -0.1) is 0 Å². The Balaban J connectivity index is 0. The predicted molar refractivity (Wildman–Crippen MR) is 43.5 cm³/mol. The third-order valence-electron chi connectivity index (χ3n) is 1.03. The fourth-order valence-corrected chi connectivity index (χ4v) is 2.68. The molecule has 12 heavy (non-hydrogen) atoms. The second-order valence-electron chi connectivity index (χ2n) is 2.04. The first-order valence-corrected chi connectivity index (χ1v) is 6.24. The van der Waals surface area contributed by atoms with Crippen molar-refractivity contribution in [1.82, 2.24) is 0 Å². The van der Waals surface area contributed by atoms with Crippen molar-refractivity contribution in [3.05, 3.63) is 0 Å². The molecular formula is C6H12GeO5. The summed E-state index contributed by atoms with van der Waals surface area (Å²) >= 11 is -0.324. The van der Waals surface area contributed by atoms with E-state index < -0.39 is 11.9 Å². The minimum absolute atomic E-state index is 0. The average Bonchev–Trinajstić information content (AvgIpc) is 1.85. The predicted octanol–water partition coefficient (Wildman–Crippen LogP) is -0.348. The molecule has 0 bridgehead atoms. The van der Waals surface area contributed by atoms with E-state index in [1.54, 1.807) is 0 Å². The van der Waals surface area contributed by atoms with Gasteiger partial charge in [-0.3, -0.25) is 0 Å². The second kappa shape index (κ2) is 8.54. The van der Waals surface area contributed by atoms with Gasteiger partial charge in [0.1, 0.15) is 0 Å². The maximum atomic E-state index is 10.0. The zero-order valence-electron chi connectivity index (χ0n) is 6.54. The van der Waals surface area contributed by atoms with Crippen molar-refractivity contribution >= 4 is 27.4 Å². The van der Waals surface area contributed by atoms with Gasteiger partial charge in [0.2, 0.25) is 0 Å². The fraction of sp³-hybridized carbons (Fsp3) is 0.667. The molecule has 6 heteroatoms. The molecule has 0 aromatic heterocycles. The van der Waals surface area contributed by atoms with Crippen molar-refractivity contribution in [1.29, 1.82) is 0 Å². The number of carboxylic acids is 2. The molecule has 0 fully saturated rings. The summed E-state index contributed by atoms with van der Waals surface area (Å²) in [6, 6.07) is 0. The van der Waals surface area contributed by atoms with E-state index in [0.717, 1.165) is 0 Å². The van der Waals surface area contributed by atoms with Gasteiger partial charge in [-0.05, 0) is 0 Å². The Bertz CT molecular complexity index is 131. The second-order valence-corrected chi connectivity index (χ2v) is 5.18. The molecule has 4 N–H and O–H groups in total. The Morgan fingerprint density at radius 1 is 1.00 bits per heavy atom. The first kappa shape index (κ1) is 14.0. The van der Waals surface area contributed by atoms with Crippen molar-refractivity contribution in [2.45, 2.75) is 23.3 Å². The van der Waals surface area contributed by atoms with Gasteiger partial charge < -0.3 is 5.48 Å². The number of hydrogen-bond donors (Lipinski definition) is 2. The van der Waals surface area contributed by atoms with E-state index >= 15 is 0 Å². The molecular weight excluding hydrogens is 225 g/mol. The number of aliphatic carboxylic acids is 2. The van der Waals surface area contributed by atoms with Gasteiger partial charge in [-0.25, -0.2) is 0 Å². The van der Waals surface area contributed by atoms with Crippen molar-refractivity contribution in [2.24, 2.45) is 0 Å². The maximum absolute atomic E-state index is 10.0. The summed E-state index contributed by atoms with van der Waals surface area (Å²) in [7, 11) is 0. The Morgan fingerprint density at radius 2 is 1.33 bits per heavy atom. The van der Waals surface area contributed by atoms with Crippen LogP contribution in [0.25, 0.3) is 0 Å². The van der Waals surface area contributed by atoms with Crippen molar-refractivity contribution in [3.8, 4) is 0 Å². The fourth-order valence-electron chi connectivity index (χ4n) is 0.516. The molecule has 5 nitrogen and oxygen atoms in total. The van der Waals surface area contributed by atoms with Gasteiger partial charge in [0.15, 0.2) is 0 Å². The van der Waals surface area contributed by atoms with Crippen LogP contribution < -0.4 is 0 Å². The molecule has 2 radical (unpaired) electrons. The molecule has 0 aliphatic carbocycles. The molecule has 0 atom stereocenters. The topological polar surface area (TPSA) is 106 Å². The van der Waals surface area contributed by atoms with Crippen LogP contribution in [0.3, 0.4) is 0 Å². The van der Waals surface area contributed by atoms with E-state index in [4.69, 9.17) is 10.2 Å². The van der Waals surface area contributed by atoms with Gasteiger partial charge in [-0.2, -0.15) is 0 Å². The van der Waals surface area contributed by atoms with Crippen LogP contribution in [0, 0.1) is 0 Å². The monoisotopic (exact) mass is 238 g/mol. The summed E-state index contributed by atoms with van der Waals surface area (Å²) in [5.74, 6) is -1.58. The molecule has 0 unspecified atom stereocenters. The average molecular weight is 237 g/mol. The number of carboxylic acid groups (broad SMARTS) is 2. The third-order valence-corrected chi connectivity index (χ3v) is 3.56. The van der Waals surface area contributed by atoms with E-state index in [-0.39, 0.29) is 33.7 Å². The van der Waals surface area contributed by atoms with Crippen molar-refractivity contribution < 1.29 is 25.3 Å². The minimum atomic E-state index is -0.788. The quantitative estimate of drug-likeness (QED) is 0.486. The summed E-state index contributed by atoms with van der Waals surface area (Å²) in [4.78, 5) is 20.0. The summed E-state index contributed by atoms with van der Waals surface area (Å²) in [6.07, 6.45) is 0.388. The number of rotatable bonds is 6. The Labute approximate surface area is 76.6 Å². The molecule has 0 heterocycles. The Morgan fingerprint density at radius 3 is 1.58 bits per heavy atom. The van der Waals surface area contributed by atoms with Crippen molar-refractivity contribution in [3.63, 3.8) is 0 Å². The molecule has 0 aliphatic heterocycles.